The molecule has 0 radical (unpaired) electrons. The van der Waals surface area contributed by atoms with E-state index >= 15 is 0 Å². The van der Waals surface area contributed by atoms with E-state index in [1.807, 2.05) is 0 Å². The van der Waals surface area contributed by atoms with E-state index in [4.69, 9.17) is 10.5 Å². The summed E-state index contributed by atoms with van der Waals surface area (Å²) < 4.78 is 18.7. The number of methoxy groups -OCH3 is 1. The molecule has 0 bridgehead atoms. The van der Waals surface area contributed by atoms with Crippen molar-refractivity contribution in [1.29, 1.82) is 0 Å². The number of carbonyl (C=O) groups excluding carboxylic acids is 1. The molecule has 104 valence electrons. The summed E-state index contributed by atoms with van der Waals surface area (Å²) in [5.74, 6) is -0.368. The van der Waals surface area contributed by atoms with Gasteiger partial charge in [-0.15, -0.1) is 0 Å². The quantitative estimate of drug-likeness (QED) is 0.871. The number of amides is 1. The Morgan fingerprint density at radius 2 is 2.32 bits per heavy atom. The van der Waals surface area contributed by atoms with Crippen LogP contribution in [0.5, 0.6) is 5.75 Å². The first kappa shape index (κ1) is 13.8. The van der Waals surface area contributed by atoms with Gasteiger partial charge in [0.2, 0.25) is 0 Å². The second-order valence-corrected chi connectivity index (χ2v) is 4.97. The van der Waals surface area contributed by atoms with Gasteiger partial charge in [-0.3, -0.25) is 4.79 Å². The summed E-state index contributed by atoms with van der Waals surface area (Å²) in [6, 6.07) is 4.57. The lowest BCUT2D eigenvalue weighted by molar-refractivity contribution is 0.0940. The zero-order chi connectivity index (χ0) is 13.8. The summed E-state index contributed by atoms with van der Waals surface area (Å²) >= 11 is 0. The average molecular weight is 266 g/mol. The minimum Gasteiger partial charge on any atom is -0.496 e. The molecule has 1 saturated carbocycles. The maximum absolute atomic E-state index is 13.7. The summed E-state index contributed by atoms with van der Waals surface area (Å²) in [7, 11) is 1.42. The van der Waals surface area contributed by atoms with Crippen molar-refractivity contribution in [2.75, 3.05) is 13.7 Å². The maximum Gasteiger partial charge on any atom is 0.258 e. The lowest BCUT2D eigenvalue weighted by atomic mass is 10.1. The van der Waals surface area contributed by atoms with Gasteiger partial charge in [0.25, 0.3) is 5.91 Å². The molecular weight excluding hydrogens is 247 g/mol. The van der Waals surface area contributed by atoms with Gasteiger partial charge in [0.15, 0.2) is 0 Å². The fourth-order valence-corrected chi connectivity index (χ4v) is 2.52. The lowest BCUT2D eigenvalue weighted by Gasteiger charge is -2.13. The second kappa shape index (κ2) is 6.02. The Hall–Kier alpha value is -1.62. The van der Waals surface area contributed by atoms with E-state index in [0.717, 1.165) is 19.3 Å². The van der Waals surface area contributed by atoms with Crippen molar-refractivity contribution in [3.8, 4) is 5.75 Å². The van der Waals surface area contributed by atoms with Gasteiger partial charge in [-0.1, -0.05) is 6.07 Å². The van der Waals surface area contributed by atoms with Gasteiger partial charge >= 0.3 is 0 Å². The molecule has 1 aliphatic carbocycles. The van der Waals surface area contributed by atoms with Crippen molar-refractivity contribution in [2.45, 2.75) is 25.3 Å². The molecule has 1 fully saturated rings. The molecule has 1 aromatic rings. The van der Waals surface area contributed by atoms with Crippen LogP contribution in [-0.2, 0) is 0 Å². The van der Waals surface area contributed by atoms with E-state index < -0.39 is 11.7 Å². The van der Waals surface area contributed by atoms with Crippen molar-refractivity contribution in [2.24, 2.45) is 11.7 Å². The largest absolute Gasteiger partial charge is 0.496 e. The van der Waals surface area contributed by atoms with Gasteiger partial charge in [-0.2, -0.15) is 0 Å². The molecule has 1 aromatic carbocycles. The molecule has 0 aromatic heterocycles. The Morgan fingerprint density at radius 3 is 2.95 bits per heavy atom. The molecule has 1 amide bonds. The molecular formula is C14H19FN2O2. The molecule has 2 atom stereocenters. The number of nitrogens with one attached hydrogen (secondary N) is 1. The highest BCUT2D eigenvalue weighted by molar-refractivity contribution is 5.97. The molecule has 2 rings (SSSR count). The summed E-state index contributed by atoms with van der Waals surface area (Å²) in [4.78, 5) is 12.0. The lowest BCUT2D eigenvalue weighted by Crippen LogP contribution is -2.30. The number of carbonyl (C=O) groups is 1. The highest BCUT2D eigenvalue weighted by atomic mass is 19.1. The molecule has 0 spiro atoms. The zero-order valence-corrected chi connectivity index (χ0v) is 11.0. The smallest absolute Gasteiger partial charge is 0.258 e. The SMILES string of the molecule is COc1cccc(F)c1C(=O)NCC1CCC(N)C1. The summed E-state index contributed by atoms with van der Waals surface area (Å²) in [5.41, 5.74) is 5.78. The third kappa shape index (κ3) is 3.23. The van der Waals surface area contributed by atoms with Gasteiger partial charge < -0.3 is 15.8 Å². The third-order valence-corrected chi connectivity index (χ3v) is 3.56. The third-order valence-electron chi connectivity index (χ3n) is 3.56. The molecule has 5 heteroatoms. The maximum atomic E-state index is 13.7. The number of ether oxygens (including phenoxy) is 1. The van der Waals surface area contributed by atoms with Crippen LogP contribution >= 0.6 is 0 Å². The number of benzene rings is 1. The van der Waals surface area contributed by atoms with Crippen LogP contribution in [0.25, 0.3) is 0 Å². The molecule has 1 aliphatic rings. The Morgan fingerprint density at radius 1 is 1.53 bits per heavy atom. The number of hydrogen-bond acceptors (Lipinski definition) is 3. The van der Waals surface area contributed by atoms with E-state index in [0.29, 0.717) is 12.5 Å². The van der Waals surface area contributed by atoms with Crippen molar-refractivity contribution >= 4 is 5.91 Å². The minimum atomic E-state index is -0.569. The van der Waals surface area contributed by atoms with E-state index in [1.165, 1.54) is 19.2 Å². The Kier molecular flexibility index (Phi) is 4.37. The number of halogens is 1. The van der Waals surface area contributed by atoms with Crippen molar-refractivity contribution in [3.63, 3.8) is 0 Å². The van der Waals surface area contributed by atoms with E-state index in [1.54, 1.807) is 6.07 Å². The summed E-state index contributed by atoms with van der Waals surface area (Å²) in [6.07, 6.45) is 2.91. The number of nitrogens with two attached hydrogens (primary N) is 1. The Balaban J connectivity index is 2.00. The van der Waals surface area contributed by atoms with Crippen LogP contribution in [0.1, 0.15) is 29.6 Å². The Bertz CT molecular complexity index is 465. The fourth-order valence-electron chi connectivity index (χ4n) is 2.52. The standard InChI is InChI=1S/C14H19FN2O2/c1-19-12-4-2-3-11(15)13(12)14(18)17-8-9-5-6-10(16)7-9/h2-4,9-10H,5-8,16H2,1H3,(H,17,18). The monoisotopic (exact) mass is 266 g/mol. The first-order valence-electron chi connectivity index (χ1n) is 6.48. The number of rotatable bonds is 4. The summed E-state index contributed by atoms with van der Waals surface area (Å²) in [6.45, 7) is 0.532. The van der Waals surface area contributed by atoms with Crippen LogP contribution in [-0.4, -0.2) is 25.6 Å². The van der Waals surface area contributed by atoms with Gasteiger partial charge in [0.05, 0.1) is 7.11 Å². The first-order chi connectivity index (χ1) is 9.11. The van der Waals surface area contributed by atoms with Gasteiger partial charge in [0.1, 0.15) is 17.1 Å². The van der Waals surface area contributed by atoms with E-state index in [2.05, 4.69) is 5.32 Å². The van der Waals surface area contributed by atoms with Crippen molar-refractivity contribution in [1.82, 2.24) is 5.32 Å². The van der Waals surface area contributed by atoms with E-state index in [-0.39, 0.29) is 17.4 Å². The van der Waals surface area contributed by atoms with Crippen LogP contribution in [0.3, 0.4) is 0 Å². The van der Waals surface area contributed by atoms with Crippen LogP contribution in [0.2, 0.25) is 0 Å². The average Bonchev–Trinajstić information content (AvgIpc) is 2.81. The van der Waals surface area contributed by atoms with Gasteiger partial charge in [0, 0.05) is 12.6 Å². The van der Waals surface area contributed by atoms with Crippen LogP contribution in [0, 0.1) is 11.7 Å². The Labute approximate surface area is 112 Å². The van der Waals surface area contributed by atoms with Gasteiger partial charge in [-0.05, 0) is 37.3 Å². The number of hydrogen-bond donors (Lipinski definition) is 2. The normalized spacial score (nSPS) is 22.3. The van der Waals surface area contributed by atoms with Crippen molar-refractivity contribution in [3.05, 3.63) is 29.6 Å². The van der Waals surface area contributed by atoms with Crippen LogP contribution in [0.15, 0.2) is 18.2 Å². The predicted molar refractivity (Wildman–Crippen MR) is 70.6 cm³/mol. The fraction of sp³-hybridized carbons (Fsp3) is 0.500. The van der Waals surface area contributed by atoms with Gasteiger partial charge in [-0.25, -0.2) is 4.39 Å². The predicted octanol–water partition coefficient (Wildman–Crippen LogP) is 1.69. The highest BCUT2D eigenvalue weighted by Crippen LogP contribution is 2.24. The van der Waals surface area contributed by atoms with Crippen molar-refractivity contribution < 1.29 is 13.9 Å². The topological polar surface area (TPSA) is 64.3 Å². The second-order valence-electron chi connectivity index (χ2n) is 4.97. The zero-order valence-electron chi connectivity index (χ0n) is 11.0. The molecule has 4 nitrogen and oxygen atoms in total. The molecule has 3 N–H and O–H groups in total. The minimum absolute atomic E-state index is 0.0349. The molecule has 0 saturated heterocycles. The van der Waals surface area contributed by atoms with Crippen LogP contribution < -0.4 is 15.8 Å². The molecule has 19 heavy (non-hydrogen) atoms. The first-order valence-corrected chi connectivity index (χ1v) is 6.48. The highest BCUT2D eigenvalue weighted by Gasteiger charge is 2.23. The molecule has 0 heterocycles. The summed E-state index contributed by atoms with van der Waals surface area (Å²) in [5, 5.41) is 2.76. The van der Waals surface area contributed by atoms with E-state index in [9.17, 15) is 9.18 Å². The molecule has 0 aliphatic heterocycles. The molecule has 2 unspecified atom stereocenters. The van der Waals surface area contributed by atoms with Crippen LogP contribution in [0.4, 0.5) is 4.39 Å².